The van der Waals surface area contributed by atoms with Gasteiger partial charge >= 0.3 is 23.9 Å². The summed E-state index contributed by atoms with van der Waals surface area (Å²) in [5, 5.41) is 4.81. The number of hydrogen-bond donors (Lipinski definition) is 2. The Balaban J connectivity index is 0.00000399. The lowest BCUT2D eigenvalue weighted by Gasteiger charge is -2.28. The van der Waals surface area contributed by atoms with Crippen molar-refractivity contribution in [1.29, 1.82) is 0 Å². The molecule has 4 aromatic rings. The molecule has 16 nitrogen and oxygen atoms in total. The van der Waals surface area contributed by atoms with Crippen LogP contribution in [0, 0.1) is 11.8 Å². The molecule has 0 saturated heterocycles. The van der Waals surface area contributed by atoms with Crippen LogP contribution < -0.4 is 11.1 Å². The van der Waals surface area contributed by atoms with Crippen molar-refractivity contribution in [2.75, 3.05) is 99.7 Å². The first-order valence-electron chi connectivity index (χ1n) is 17.2. The molecular weight excluding hydrogens is 710 g/mol. The van der Waals surface area contributed by atoms with Crippen LogP contribution in [0.25, 0.3) is 21.8 Å². The first-order valence-corrected chi connectivity index (χ1v) is 17.2. The molecule has 4 rings (SSSR count). The van der Waals surface area contributed by atoms with Gasteiger partial charge in [0.15, 0.2) is 0 Å². The van der Waals surface area contributed by atoms with Crippen LogP contribution in [0.1, 0.15) is 11.3 Å². The third-order valence-corrected chi connectivity index (χ3v) is 8.09. The highest BCUT2D eigenvalue weighted by molar-refractivity contribution is 6.02. The first kappa shape index (κ1) is 43.4. The van der Waals surface area contributed by atoms with Crippen LogP contribution in [-0.2, 0) is 42.9 Å². The van der Waals surface area contributed by atoms with Crippen LogP contribution in [0.2, 0.25) is 0 Å². The molecule has 0 bridgehead atoms. The zero-order valence-corrected chi connectivity index (χ0v) is 31.7. The molecule has 1 amide bonds. The fourth-order valence-electron chi connectivity index (χ4n) is 5.22. The molecule has 2 aromatic carbocycles. The Bertz CT molecular complexity index is 1960. The number of esters is 4. The molecule has 0 spiro atoms. The summed E-state index contributed by atoms with van der Waals surface area (Å²) in [6.07, 6.45) is 1.74. The molecule has 0 aliphatic heterocycles. The highest BCUT2D eigenvalue weighted by Gasteiger charge is 2.21. The minimum Gasteiger partial charge on any atom is -0.468 e. The number of nitrogens with two attached hydrogens (primary N) is 1. The minimum atomic E-state index is -0.548. The Morgan fingerprint density at radius 3 is 1.62 bits per heavy atom. The van der Waals surface area contributed by atoms with Gasteiger partial charge in [-0.05, 0) is 55.4 Å². The van der Waals surface area contributed by atoms with E-state index >= 15 is 0 Å². The maximum Gasteiger partial charge on any atom is 0.319 e. The van der Waals surface area contributed by atoms with E-state index in [-0.39, 0.29) is 64.8 Å². The monoisotopic (exact) mass is 757 g/mol. The summed E-state index contributed by atoms with van der Waals surface area (Å²) >= 11 is 0. The van der Waals surface area contributed by atoms with E-state index in [0.29, 0.717) is 11.4 Å². The van der Waals surface area contributed by atoms with Crippen LogP contribution in [0.4, 0.5) is 5.69 Å². The molecule has 16 heteroatoms. The van der Waals surface area contributed by atoms with E-state index in [2.05, 4.69) is 27.9 Å². The van der Waals surface area contributed by atoms with E-state index in [1.807, 2.05) is 36.4 Å². The molecule has 292 valence electrons. The van der Waals surface area contributed by atoms with E-state index in [9.17, 15) is 24.0 Å². The lowest BCUT2D eigenvalue weighted by Crippen LogP contribution is -2.46. The molecule has 0 radical (unpaired) electrons. The summed E-state index contributed by atoms with van der Waals surface area (Å²) in [6.45, 7) is 0.0702. The molecular formula is C39H47N7O9. The summed E-state index contributed by atoms with van der Waals surface area (Å²) in [5.74, 6) is 3.68. The van der Waals surface area contributed by atoms with Crippen molar-refractivity contribution in [3.8, 4) is 11.8 Å². The van der Waals surface area contributed by atoms with Gasteiger partial charge in [-0.15, -0.1) is 0 Å². The van der Waals surface area contributed by atoms with Crippen LogP contribution in [-0.4, -0.2) is 149 Å². The predicted molar refractivity (Wildman–Crippen MR) is 206 cm³/mol. The van der Waals surface area contributed by atoms with Crippen molar-refractivity contribution in [1.82, 2.24) is 24.7 Å². The number of aromatic nitrogens is 2. The zero-order chi connectivity index (χ0) is 40.2. The number of benzene rings is 2. The third-order valence-electron chi connectivity index (χ3n) is 8.09. The van der Waals surface area contributed by atoms with Crippen molar-refractivity contribution >= 4 is 57.3 Å². The number of carbonyl (C=O) groups excluding carboxylic acids is 5. The second-order valence-corrected chi connectivity index (χ2v) is 11.8. The fraction of sp³-hybridized carbons (Fsp3) is 0.359. The van der Waals surface area contributed by atoms with Gasteiger partial charge in [0.05, 0.1) is 72.2 Å². The van der Waals surface area contributed by atoms with Crippen LogP contribution in [0.15, 0.2) is 66.9 Å². The topological polar surface area (TPSA) is 196 Å². The van der Waals surface area contributed by atoms with E-state index in [1.165, 1.54) is 40.4 Å². The molecule has 3 N–H and O–H groups in total. The van der Waals surface area contributed by atoms with Crippen molar-refractivity contribution < 1.29 is 42.9 Å². The van der Waals surface area contributed by atoms with Gasteiger partial charge in [0.1, 0.15) is 5.69 Å². The summed E-state index contributed by atoms with van der Waals surface area (Å²) < 4.78 is 19.1. The highest BCUT2D eigenvalue weighted by Crippen LogP contribution is 2.22. The molecule has 2 heterocycles. The average molecular weight is 758 g/mol. The van der Waals surface area contributed by atoms with E-state index < -0.39 is 23.9 Å². The minimum absolute atomic E-state index is 0.112. The largest absolute Gasteiger partial charge is 0.468 e. The van der Waals surface area contributed by atoms with Crippen molar-refractivity contribution in [3.63, 3.8) is 0 Å². The first-order chi connectivity index (χ1) is 26.6. The lowest BCUT2D eigenvalue weighted by molar-refractivity contribution is -0.146. The SMILES string of the molecule is CN.COC(=O)CN(CCN(CC(=O)Nc1ccc(C#Cc2ccc3ccc4cccnc4c3n2)cc1)CC(=O)OC)CCN(CC(=O)OC)CC(=O)OC. The number of nitrogens with zero attached hydrogens (tertiary/aromatic N) is 5. The molecule has 0 aliphatic rings. The van der Waals surface area contributed by atoms with Crippen LogP contribution >= 0.6 is 0 Å². The summed E-state index contributed by atoms with van der Waals surface area (Å²) in [5.41, 5.74) is 7.94. The van der Waals surface area contributed by atoms with Crippen molar-refractivity contribution in [2.24, 2.45) is 5.73 Å². The molecule has 0 saturated carbocycles. The van der Waals surface area contributed by atoms with Gasteiger partial charge in [0, 0.05) is 54.4 Å². The quantitative estimate of drug-likeness (QED) is 0.0677. The maximum absolute atomic E-state index is 13.1. The Morgan fingerprint density at radius 2 is 1.07 bits per heavy atom. The van der Waals surface area contributed by atoms with Gasteiger partial charge in [-0.2, -0.15) is 0 Å². The summed E-state index contributed by atoms with van der Waals surface area (Å²) in [7, 11) is 6.49. The molecule has 0 fully saturated rings. The molecule has 0 unspecified atom stereocenters. The van der Waals surface area contributed by atoms with Gasteiger partial charge < -0.3 is 30.0 Å². The molecule has 2 aromatic heterocycles. The van der Waals surface area contributed by atoms with Crippen molar-refractivity contribution in [2.45, 2.75) is 0 Å². The van der Waals surface area contributed by atoms with Crippen LogP contribution in [0.5, 0.6) is 0 Å². The number of hydrogen-bond acceptors (Lipinski definition) is 15. The zero-order valence-electron chi connectivity index (χ0n) is 31.7. The van der Waals surface area contributed by atoms with Gasteiger partial charge in [0.2, 0.25) is 5.91 Å². The number of nitrogens with one attached hydrogen (secondary N) is 1. The Kier molecular flexibility index (Phi) is 18.1. The van der Waals surface area contributed by atoms with Crippen LogP contribution in [0.3, 0.4) is 0 Å². The molecule has 0 aliphatic carbocycles. The number of pyridine rings is 2. The fourth-order valence-corrected chi connectivity index (χ4v) is 5.22. The summed E-state index contributed by atoms with van der Waals surface area (Å²) in [6, 6.07) is 18.7. The van der Waals surface area contributed by atoms with Gasteiger partial charge in [-0.3, -0.25) is 43.7 Å². The van der Waals surface area contributed by atoms with E-state index in [1.54, 1.807) is 40.3 Å². The average Bonchev–Trinajstić information content (AvgIpc) is 3.21. The summed E-state index contributed by atoms with van der Waals surface area (Å²) in [4.78, 5) is 75.4. The second-order valence-electron chi connectivity index (χ2n) is 11.8. The standard InChI is InChI=1S/C38H42N6O9.CH5N/c1-50-33(46)23-42(19-21-44(25-35(48)52-3)26-36(49)53-4)18-20-43(24-34(47)51-2)22-32(45)40-30-13-7-27(8-14-30)9-15-31-16-12-29-11-10-28-6-5-17-39-37(28)38(29)41-31;1-2/h5-8,10-14,16-17H,18-26H2,1-4H3,(H,40,45);2H2,1H3. The molecule has 0 atom stereocenters. The Morgan fingerprint density at radius 1 is 0.600 bits per heavy atom. The predicted octanol–water partition coefficient (Wildman–Crippen LogP) is 1.29. The number of methoxy groups -OCH3 is 4. The highest BCUT2D eigenvalue weighted by atomic mass is 16.5. The number of anilines is 1. The maximum atomic E-state index is 13.1. The third kappa shape index (κ3) is 14.4. The van der Waals surface area contributed by atoms with Gasteiger partial charge in [0.25, 0.3) is 0 Å². The Labute approximate surface area is 319 Å². The Hall–Kier alpha value is -5.99. The molecule has 55 heavy (non-hydrogen) atoms. The number of carbonyl (C=O) groups is 5. The van der Waals surface area contributed by atoms with Gasteiger partial charge in [-0.1, -0.05) is 24.1 Å². The number of amides is 1. The van der Waals surface area contributed by atoms with E-state index in [0.717, 1.165) is 27.4 Å². The van der Waals surface area contributed by atoms with Gasteiger partial charge in [-0.25, -0.2) is 4.98 Å². The number of ether oxygens (including phenoxy) is 4. The second kappa shape index (κ2) is 22.9. The number of fused-ring (bicyclic) bond motifs is 3. The number of rotatable bonds is 17. The van der Waals surface area contributed by atoms with E-state index in [4.69, 9.17) is 23.9 Å². The normalized spacial score (nSPS) is 10.6. The smallest absolute Gasteiger partial charge is 0.319 e. The lowest BCUT2D eigenvalue weighted by atomic mass is 10.1. The van der Waals surface area contributed by atoms with Crippen molar-refractivity contribution in [3.05, 3.63) is 78.1 Å².